The van der Waals surface area contributed by atoms with Gasteiger partial charge in [-0.2, -0.15) is 5.10 Å². The van der Waals surface area contributed by atoms with E-state index in [2.05, 4.69) is 54.7 Å². The lowest BCUT2D eigenvalue weighted by Gasteiger charge is -2.22. The van der Waals surface area contributed by atoms with Crippen LogP contribution in [0.2, 0.25) is 0 Å². The summed E-state index contributed by atoms with van der Waals surface area (Å²) in [5, 5.41) is 7.96. The van der Waals surface area contributed by atoms with E-state index in [0.717, 1.165) is 31.8 Å². The van der Waals surface area contributed by atoms with Crippen molar-refractivity contribution < 1.29 is 0 Å². The van der Waals surface area contributed by atoms with Gasteiger partial charge in [0.25, 0.3) is 0 Å². The van der Waals surface area contributed by atoms with E-state index < -0.39 is 0 Å². The summed E-state index contributed by atoms with van der Waals surface area (Å²) in [5.41, 5.74) is 0. The quantitative estimate of drug-likeness (QED) is 0.747. The Balaban J connectivity index is 2.51. The molecule has 1 N–H and O–H groups in total. The van der Waals surface area contributed by atoms with Crippen molar-refractivity contribution in [3.63, 3.8) is 0 Å². The molecule has 4 nitrogen and oxygen atoms in total. The van der Waals surface area contributed by atoms with E-state index in [-0.39, 0.29) is 0 Å². The third-order valence-electron chi connectivity index (χ3n) is 3.37. The van der Waals surface area contributed by atoms with Crippen LogP contribution in [-0.4, -0.2) is 27.4 Å². The molecule has 110 valence electrons. The molecule has 0 radical (unpaired) electrons. The largest absolute Gasteiger partial charge is 0.314 e. The van der Waals surface area contributed by atoms with Crippen LogP contribution < -0.4 is 5.32 Å². The third kappa shape index (κ3) is 5.72. The highest BCUT2D eigenvalue weighted by atomic mass is 15.3. The molecule has 0 amide bonds. The summed E-state index contributed by atoms with van der Waals surface area (Å²) in [6.45, 7) is 13.3. The van der Waals surface area contributed by atoms with Crippen molar-refractivity contribution in [3.05, 3.63) is 12.2 Å². The van der Waals surface area contributed by atoms with E-state index in [9.17, 15) is 0 Å². The predicted octanol–water partition coefficient (Wildman–Crippen LogP) is 2.89. The van der Waals surface area contributed by atoms with E-state index in [1.54, 1.807) is 6.33 Å². The minimum absolute atomic E-state index is 0.573. The van der Waals surface area contributed by atoms with Gasteiger partial charge >= 0.3 is 0 Å². The minimum Gasteiger partial charge on any atom is -0.314 e. The lowest BCUT2D eigenvalue weighted by Crippen LogP contribution is -2.35. The molecule has 1 rings (SSSR count). The maximum atomic E-state index is 4.40. The van der Waals surface area contributed by atoms with E-state index >= 15 is 0 Å². The highest BCUT2D eigenvalue weighted by molar-refractivity contribution is 4.87. The fourth-order valence-corrected chi connectivity index (χ4v) is 2.27. The van der Waals surface area contributed by atoms with Gasteiger partial charge in [0.1, 0.15) is 12.2 Å². The number of aryl methyl sites for hydroxylation is 1. The lowest BCUT2D eigenvalue weighted by molar-refractivity contribution is 0.370. The first-order chi connectivity index (χ1) is 9.04. The molecule has 4 heteroatoms. The normalized spacial score (nSPS) is 13.4. The number of rotatable bonds is 9. The summed E-state index contributed by atoms with van der Waals surface area (Å²) >= 11 is 0. The van der Waals surface area contributed by atoms with Crippen molar-refractivity contribution in [2.45, 2.75) is 66.5 Å². The zero-order valence-electron chi connectivity index (χ0n) is 13.2. The molecule has 0 aliphatic heterocycles. The van der Waals surface area contributed by atoms with Gasteiger partial charge in [0.05, 0.1) is 0 Å². The Morgan fingerprint density at radius 2 is 2.00 bits per heavy atom. The van der Waals surface area contributed by atoms with Crippen molar-refractivity contribution in [1.29, 1.82) is 0 Å². The van der Waals surface area contributed by atoms with Gasteiger partial charge < -0.3 is 5.32 Å². The third-order valence-corrected chi connectivity index (χ3v) is 3.37. The van der Waals surface area contributed by atoms with Gasteiger partial charge in [0.15, 0.2) is 0 Å². The Labute approximate surface area is 118 Å². The van der Waals surface area contributed by atoms with Crippen LogP contribution in [0.15, 0.2) is 6.33 Å². The predicted molar refractivity (Wildman–Crippen MR) is 80.1 cm³/mol. The maximum Gasteiger partial charge on any atom is 0.138 e. The standard InChI is InChI=1S/C15H30N4/c1-6-9-16-14(13(4)5)7-8-15-17-11-18-19(15)10-12(2)3/h11-14,16H,6-10H2,1-5H3. The van der Waals surface area contributed by atoms with Crippen LogP contribution in [0.5, 0.6) is 0 Å². The molecule has 19 heavy (non-hydrogen) atoms. The van der Waals surface area contributed by atoms with Crippen molar-refractivity contribution >= 4 is 0 Å². The van der Waals surface area contributed by atoms with Crippen LogP contribution in [-0.2, 0) is 13.0 Å². The maximum absolute atomic E-state index is 4.40. The molecule has 1 atom stereocenters. The number of nitrogens with zero attached hydrogens (tertiary/aromatic N) is 3. The topological polar surface area (TPSA) is 42.7 Å². The second-order valence-electron chi connectivity index (χ2n) is 6.10. The Morgan fingerprint density at radius 1 is 1.26 bits per heavy atom. The van der Waals surface area contributed by atoms with E-state index in [4.69, 9.17) is 0 Å². The first kappa shape index (κ1) is 16.2. The molecule has 0 aliphatic rings. The second-order valence-corrected chi connectivity index (χ2v) is 6.10. The average molecular weight is 266 g/mol. The van der Waals surface area contributed by atoms with Crippen LogP contribution in [0, 0.1) is 11.8 Å². The zero-order chi connectivity index (χ0) is 14.3. The van der Waals surface area contributed by atoms with Crippen LogP contribution in [0.4, 0.5) is 0 Å². The van der Waals surface area contributed by atoms with Crippen molar-refractivity contribution in [2.75, 3.05) is 6.54 Å². The number of hydrogen-bond acceptors (Lipinski definition) is 3. The molecule has 0 aliphatic carbocycles. The van der Waals surface area contributed by atoms with E-state index in [1.165, 1.54) is 6.42 Å². The monoisotopic (exact) mass is 266 g/mol. The number of aromatic nitrogens is 3. The zero-order valence-corrected chi connectivity index (χ0v) is 13.2. The van der Waals surface area contributed by atoms with E-state index in [0.29, 0.717) is 17.9 Å². The molecule has 0 saturated carbocycles. The molecular weight excluding hydrogens is 236 g/mol. The minimum atomic E-state index is 0.573. The van der Waals surface area contributed by atoms with Gasteiger partial charge in [-0.25, -0.2) is 9.67 Å². The van der Waals surface area contributed by atoms with E-state index in [1.807, 2.05) is 0 Å². The first-order valence-electron chi connectivity index (χ1n) is 7.64. The van der Waals surface area contributed by atoms with Gasteiger partial charge in [-0.15, -0.1) is 0 Å². The van der Waals surface area contributed by atoms with Crippen LogP contribution in [0.1, 0.15) is 53.3 Å². The van der Waals surface area contributed by atoms with Gasteiger partial charge in [-0.3, -0.25) is 0 Å². The van der Waals surface area contributed by atoms with Gasteiger partial charge in [-0.1, -0.05) is 34.6 Å². The Hall–Kier alpha value is -0.900. The fraction of sp³-hybridized carbons (Fsp3) is 0.867. The highest BCUT2D eigenvalue weighted by Gasteiger charge is 2.14. The lowest BCUT2D eigenvalue weighted by atomic mass is 9.99. The van der Waals surface area contributed by atoms with Gasteiger partial charge in [0, 0.05) is 19.0 Å². The first-order valence-corrected chi connectivity index (χ1v) is 7.64. The fourth-order valence-electron chi connectivity index (χ4n) is 2.27. The number of hydrogen-bond donors (Lipinski definition) is 1. The Bertz CT molecular complexity index is 344. The van der Waals surface area contributed by atoms with Crippen molar-refractivity contribution in [1.82, 2.24) is 20.1 Å². The molecule has 0 saturated heterocycles. The average Bonchev–Trinajstić information content (AvgIpc) is 2.75. The smallest absolute Gasteiger partial charge is 0.138 e. The summed E-state index contributed by atoms with van der Waals surface area (Å²) in [6, 6.07) is 0.573. The summed E-state index contributed by atoms with van der Waals surface area (Å²) in [5.74, 6) is 2.39. The summed E-state index contributed by atoms with van der Waals surface area (Å²) in [4.78, 5) is 4.40. The molecule has 0 spiro atoms. The summed E-state index contributed by atoms with van der Waals surface area (Å²) in [6.07, 6.45) is 5.01. The second kappa shape index (κ2) is 8.31. The molecule has 0 bridgehead atoms. The van der Waals surface area contributed by atoms with Crippen LogP contribution in [0.25, 0.3) is 0 Å². The molecule has 1 aromatic rings. The molecule has 1 heterocycles. The molecular formula is C15H30N4. The number of nitrogens with one attached hydrogen (secondary N) is 1. The molecule has 0 aromatic carbocycles. The van der Waals surface area contributed by atoms with Crippen molar-refractivity contribution in [3.8, 4) is 0 Å². The Morgan fingerprint density at radius 3 is 2.58 bits per heavy atom. The molecule has 1 aromatic heterocycles. The van der Waals surface area contributed by atoms with Crippen LogP contribution in [0.3, 0.4) is 0 Å². The molecule has 0 fully saturated rings. The summed E-state index contributed by atoms with van der Waals surface area (Å²) < 4.78 is 2.06. The van der Waals surface area contributed by atoms with Crippen LogP contribution >= 0.6 is 0 Å². The van der Waals surface area contributed by atoms with Gasteiger partial charge in [-0.05, 0) is 31.2 Å². The SMILES string of the molecule is CCCNC(CCc1ncnn1CC(C)C)C(C)C. The van der Waals surface area contributed by atoms with Crippen molar-refractivity contribution in [2.24, 2.45) is 11.8 Å². The summed E-state index contributed by atoms with van der Waals surface area (Å²) in [7, 11) is 0. The molecule has 1 unspecified atom stereocenters. The van der Waals surface area contributed by atoms with Gasteiger partial charge in [0.2, 0.25) is 0 Å². The Kier molecular flexibility index (Phi) is 7.06. The highest BCUT2D eigenvalue weighted by Crippen LogP contribution is 2.11.